The van der Waals surface area contributed by atoms with Gasteiger partial charge in [-0.15, -0.1) is 0 Å². The van der Waals surface area contributed by atoms with Crippen LogP contribution in [0.4, 0.5) is 0 Å². The Morgan fingerprint density at radius 3 is 2.00 bits per heavy atom. The molecule has 0 atom stereocenters. The molecule has 1 aromatic rings. The zero-order chi connectivity index (χ0) is 12.3. The number of rotatable bonds is 5. The van der Waals surface area contributed by atoms with E-state index in [0.717, 1.165) is 36.7 Å². The second-order valence-corrected chi connectivity index (χ2v) is 4.15. The third kappa shape index (κ3) is 2.47. The molecular formula is C13H19NO3. The molecule has 1 aliphatic rings. The second-order valence-electron chi connectivity index (χ2n) is 4.15. The number of nitrogens with zero attached hydrogens (tertiary/aromatic N) is 1. The van der Waals surface area contributed by atoms with Crippen LogP contribution in [0.5, 0.6) is 17.2 Å². The van der Waals surface area contributed by atoms with Crippen molar-refractivity contribution in [2.24, 2.45) is 0 Å². The first-order valence-corrected chi connectivity index (χ1v) is 5.79. The van der Waals surface area contributed by atoms with Crippen LogP contribution in [0.1, 0.15) is 12.0 Å². The molecule has 0 unspecified atom stereocenters. The topological polar surface area (TPSA) is 30.9 Å². The van der Waals surface area contributed by atoms with E-state index in [1.54, 1.807) is 21.3 Å². The van der Waals surface area contributed by atoms with Crippen LogP contribution in [0, 0.1) is 0 Å². The number of ether oxygens (including phenoxy) is 3. The molecular weight excluding hydrogens is 218 g/mol. The molecule has 0 aromatic heterocycles. The van der Waals surface area contributed by atoms with Crippen LogP contribution in [-0.2, 0) is 6.54 Å². The van der Waals surface area contributed by atoms with Crippen molar-refractivity contribution in [1.82, 2.24) is 4.90 Å². The molecule has 2 rings (SSSR count). The highest BCUT2D eigenvalue weighted by Gasteiger charge is 2.18. The van der Waals surface area contributed by atoms with E-state index in [0.29, 0.717) is 5.75 Å². The van der Waals surface area contributed by atoms with Gasteiger partial charge in [0.25, 0.3) is 0 Å². The SMILES string of the molecule is COc1cc(OC)c(OC)cc1CN1CCC1. The van der Waals surface area contributed by atoms with Gasteiger partial charge in [0.15, 0.2) is 11.5 Å². The van der Waals surface area contributed by atoms with Gasteiger partial charge in [0.2, 0.25) is 0 Å². The molecule has 0 bridgehead atoms. The summed E-state index contributed by atoms with van der Waals surface area (Å²) in [5.41, 5.74) is 1.14. The van der Waals surface area contributed by atoms with Gasteiger partial charge in [0.1, 0.15) is 5.75 Å². The summed E-state index contributed by atoms with van der Waals surface area (Å²) in [6.45, 7) is 3.23. The largest absolute Gasteiger partial charge is 0.496 e. The van der Waals surface area contributed by atoms with E-state index in [1.165, 1.54) is 6.42 Å². The first kappa shape index (κ1) is 12.0. The smallest absolute Gasteiger partial charge is 0.164 e. The first-order valence-electron chi connectivity index (χ1n) is 5.79. The van der Waals surface area contributed by atoms with Crippen LogP contribution < -0.4 is 14.2 Å². The van der Waals surface area contributed by atoms with Crippen molar-refractivity contribution in [2.75, 3.05) is 34.4 Å². The molecule has 4 nitrogen and oxygen atoms in total. The predicted molar refractivity (Wildman–Crippen MR) is 66.0 cm³/mol. The van der Waals surface area contributed by atoms with E-state index < -0.39 is 0 Å². The normalized spacial score (nSPS) is 15.2. The Morgan fingerprint density at radius 1 is 0.941 bits per heavy atom. The summed E-state index contributed by atoms with van der Waals surface area (Å²) in [5, 5.41) is 0. The molecule has 0 spiro atoms. The Kier molecular flexibility index (Phi) is 3.74. The molecule has 4 heteroatoms. The van der Waals surface area contributed by atoms with Crippen LogP contribution >= 0.6 is 0 Å². The quantitative estimate of drug-likeness (QED) is 0.783. The fourth-order valence-corrected chi connectivity index (χ4v) is 2.00. The number of likely N-dealkylation sites (tertiary alicyclic amines) is 1. The van der Waals surface area contributed by atoms with E-state index in [-0.39, 0.29) is 0 Å². The van der Waals surface area contributed by atoms with Gasteiger partial charge in [-0.2, -0.15) is 0 Å². The molecule has 0 radical (unpaired) electrons. The highest BCUT2D eigenvalue weighted by molar-refractivity contribution is 5.50. The summed E-state index contributed by atoms with van der Waals surface area (Å²) in [5.74, 6) is 2.31. The third-order valence-corrected chi connectivity index (χ3v) is 3.13. The lowest BCUT2D eigenvalue weighted by Crippen LogP contribution is -2.36. The minimum Gasteiger partial charge on any atom is -0.496 e. The van der Waals surface area contributed by atoms with Crippen LogP contribution in [0.3, 0.4) is 0 Å². The van der Waals surface area contributed by atoms with Crippen molar-refractivity contribution in [3.63, 3.8) is 0 Å². The van der Waals surface area contributed by atoms with Crippen LogP contribution in [-0.4, -0.2) is 39.3 Å². The lowest BCUT2D eigenvalue weighted by atomic mass is 10.1. The number of methoxy groups -OCH3 is 3. The van der Waals surface area contributed by atoms with Crippen LogP contribution in [0.25, 0.3) is 0 Å². The van der Waals surface area contributed by atoms with E-state index in [2.05, 4.69) is 4.90 Å². The van der Waals surface area contributed by atoms with Crippen molar-refractivity contribution in [3.05, 3.63) is 17.7 Å². The summed E-state index contributed by atoms with van der Waals surface area (Å²) in [6, 6.07) is 3.88. The fourth-order valence-electron chi connectivity index (χ4n) is 2.00. The first-order chi connectivity index (χ1) is 8.28. The van der Waals surface area contributed by atoms with Gasteiger partial charge < -0.3 is 14.2 Å². The molecule has 0 aliphatic carbocycles. The molecule has 0 N–H and O–H groups in total. The maximum Gasteiger partial charge on any atom is 0.164 e. The number of benzene rings is 1. The van der Waals surface area contributed by atoms with E-state index in [9.17, 15) is 0 Å². The molecule has 1 aliphatic heterocycles. The van der Waals surface area contributed by atoms with Crippen molar-refractivity contribution in [2.45, 2.75) is 13.0 Å². The van der Waals surface area contributed by atoms with Crippen molar-refractivity contribution < 1.29 is 14.2 Å². The monoisotopic (exact) mass is 237 g/mol. The molecule has 0 saturated carbocycles. The van der Waals surface area contributed by atoms with Gasteiger partial charge in [-0.1, -0.05) is 0 Å². The van der Waals surface area contributed by atoms with E-state index in [4.69, 9.17) is 14.2 Å². The third-order valence-electron chi connectivity index (χ3n) is 3.13. The highest BCUT2D eigenvalue weighted by Crippen LogP contribution is 2.35. The zero-order valence-electron chi connectivity index (χ0n) is 10.7. The maximum absolute atomic E-state index is 5.39. The number of hydrogen-bond acceptors (Lipinski definition) is 4. The maximum atomic E-state index is 5.39. The molecule has 1 heterocycles. The standard InChI is InChI=1S/C13H19NO3/c1-15-11-8-13(17-3)12(16-2)7-10(11)9-14-5-4-6-14/h7-8H,4-6,9H2,1-3H3. The Balaban J connectivity index is 2.27. The molecule has 94 valence electrons. The summed E-state index contributed by atoms with van der Waals surface area (Å²) in [7, 11) is 4.96. The summed E-state index contributed by atoms with van der Waals surface area (Å²) in [4.78, 5) is 2.38. The predicted octanol–water partition coefficient (Wildman–Crippen LogP) is 1.92. The van der Waals surface area contributed by atoms with Crippen molar-refractivity contribution in [3.8, 4) is 17.2 Å². The average molecular weight is 237 g/mol. The Labute approximate surface area is 102 Å². The van der Waals surface area contributed by atoms with Crippen molar-refractivity contribution >= 4 is 0 Å². The molecule has 17 heavy (non-hydrogen) atoms. The van der Waals surface area contributed by atoms with E-state index in [1.807, 2.05) is 12.1 Å². The Morgan fingerprint density at radius 2 is 1.53 bits per heavy atom. The molecule has 1 aromatic carbocycles. The average Bonchev–Trinajstić information content (AvgIpc) is 2.32. The lowest BCUT2D eigenvalue weighted by molar-refractivity contribution is 0.170. The minimum atomic E-state index is 0.705. The molecule has 1 saturated heterocycles. The second kappa shape index (κ2) is 5.27. The summed E-state index contributed by atoms with van der Waals surface area (Å²) < 4.78 is 16.0. The number of hydrogen-bond donors (Lipinski definition) is 0. The fraction of sp³-hybridized carbons (Fsp3) is 0.538. The molecule has 1 fully saturated rings. The van der Waals surface area contributed by atoms with Gasteiger partial charge in [0, 0.05) is 18.2 Å². The molecule has 0 amide bonds. The van der Waals surface area contributed by atoms with Crippen molar-refractivity contribution in [1.29, 1.82) is 0 Å². The lowest BCUT2D eigenvalue weighted by Gasteiger charge is -2.31. The van der Waals surface area contributed by atoms with Crippen LogP contribution in [0.2, 0.25) is 0 Å². The van der Waals surface area contributed by atoms with Gasteiger partial charge >= 0.3 is 0 Å². The summed E-state index contributed by atoms with van der Waals surface area (Å²) in [6.07, 6.45) is 1.29. The van der Waals surface area contributed by atoms with Crippen LogP contribution in [0.15, 0.2) is 12.1 Å². The van der Waals surface area contributed by atoms with E-state index >= 15 is 0 Å². The minimum absolute atomic E-state index is 0.705. The summed E-state index contributed by atoms with van der Waals surface area (Å²) >= 11 is 0. The van der Waals surface area contributed by atoms with Gasteiger partial charge in [0.05, 0.1) is 21.3 Å². The van der Waals surface area contributed by atoms with Gasteiger partial charge in [-0.25, -0.2) is 0 Å². The van der Waals surface area contributed by atoms with Gasteiger partial charge in [-0.3, -0.25) is 4.90 Å². The Hall–Kier alpha value is -1.42. The van der Waals surface area contributed by atoms with Gasteiger partial charge in [-0.05, 0) is 25.6 Å². The highest BCUT2D eigenvalue weighted by atomic mass is 16.5. The zero-order valence-corrected chi connectivity index (χ0v) is 10.7. The Bertz CT molecular complexity index is 388.